The molecule has 1 aromatic rings. The van der Waals surface area contributed by atoms with E-state index >= 15 is 0 Å². The Hall–Kier alpha value is -2.10. The molecular weight excluding hydrogens is 254 g/mol. The van der Waals surface area contributed by atoms with Crippen LogP contribution in [0, 0.1) is 0 Å². The van der Waals surface area contributed by atoms with Crippen molar-refractivity contribution in [3.8, 4) is 0 Å². The lowest BCUT2D eigenvalue weighted by Gasteiger charge is -2.08. The smallest absolute Gasteiger partial charge is 0.347 e. The fourth-order valence-corrected chi connectivity index (χ4v) is 1.56. The predicted octanol–water partition coefficient (Wildman–Crippen LogP) is 3.63. The van der Waals surface area contributed by atoms with Gasteiger partial charge in [-0.2, -0.15) is 0 Å². The summed E-state index contributed by atoms with van der Waals surface area (Å²) in [4.78, 5) is 15.8. The fourth-order valence-electron chi connectivity index (χ4n) is 1.56. The van der Waals surface area contributed by atoms with Crippen LogP contribution in [0.3, 0.4) is 0 Å². The van der Waals surface area contributed by atoms with Gasteiger partial charge in [0.15, 0.2) is 0 Å². The highest BCUT2D eigenvalue weighted by Crippen LogP contribution is 2.09. The predicted molar refractivity (Wildman–Crippen MR) is 79.8 cm³/mol. The molecule has 0 saturated carbocycles. The summed E-state index contributed by atoms with van der Waals surface area (Å²) in [5, 5.41) is 12.8. The van der Waals surface area contributed by atoms with Gasteiger partial charge in [0.05, 0.1) is 5.71 Å². The first-order chi connectivity index (χ1) is 9.50. The zero-order valence-corrected chi connectivity index (χ0v) is 12.2. The average Bonchev–Trinajstić information content (AvgIpc) is 2.42. The Morgan fingerprint density at radius 3 is 2.55 bits per heavy atom. The molecule has 1 rings (SSSR count). The van der Waals surface area contributed by atoms with Gasteiger partial charge in [-0.15, -0.1) is 0 Å². The molecule has 108 valence electrons. The topological polar surface area (TPSA) is 58.9 Å². The summed E-state index contributed by atoms with van der Waals surface area (Å²) >= 11 is 0. The largest absolute Gasteiger partial charge is 0.478 e. The van der Waals surface area contributed by atoms with Gasteiger partial charge in [-0.3, -0.25) is 0 Å². The third kappa shape index (κ3) is 5.69. The minimum atomic E-state index is -1.02. The molecule has 0 aliphatic carbocycles. The number of allylic oxidation sites excluding steroid dienone is 2. The summed E-state index contributed by atoms with van der Waals surface area (Å²) in [6, 6.07) is 9.66. The van der Waals surface area contributed by atoms with Crippen molar-refractivity contribution in [2.45, 2.75) is 39.7 Å². The van der Waals surface area contributed by atoms with Gasteiger partial charge in [-0.25, -0.2) is 4.79 Å². The van der Waals surface area contributed by atoms with E-state index in [-0.39, 0.29) is 0 Å². The summed E-state index contributed by atoms with van der Waals surface area (Å²) in [7, 11) is 0. The van der Waals surface area contributed by atoms with Crippen molar-refractivity contribution in [1.82, 2.24) is 0 Å². The third-order valence-corrected chi connectivity index (χ3v) is 2.71. The number of aliphatic carboxylic acids is 1. The van der Waals surface area contributed by atoms with Crippen LogP contribution in [0.5, 0.6) is 0 Å². The Bertz CT molecular complexity index is 488. The van der Waals surface area contributed by atoms with Gasteiger partial charge >= 0.3 is 5.97 Å². The molecule has 0 bridgehead atoms. The van der Waals surface area contributed by atoms with Crippen LogP contribution in [-0.2, 0) is 9.63 Å². The van der Waals surface area contributed by atoms with Gasteiger partial charge in [0.1, 0.15) is 0 Å². The summed E-state index contributed by atoms with van der Waals surface area (Å²) in [5.41, 5.74) is 2.96. The summed E-state index contributed by atoms with van der Waals surface area (Å²) < 4.78 is 0. The molecule has 4 nitrogen and oxygen atoms in total. The van der Waals surface area contributed by atoms with Crippen LogP contribution < -0.4 is 0 Å². The summed E-state index contributed by atoms with van der Waals surface area (Å²) in [6.07, 6.45) is 2.73. The van der Waals surface area contributed by atoms with Crippen LogP contribution in [0.4, 0.5) is 0 Å². The molecule has 1 aromatic carbocycles. The van der Waals surface area contributed by atoms with Crippen LogP contribution in [0.2, 0.25) is 0 Å². The molecule has 4 heteroatoms. The van der Waals surface area contributed by atoms with Gasteiger partial charge in [0, 0.05) is 0 Å². The summed E-state index contributed by atoms with van der Waals surface area (Å²) in [5.74, 6) is -1.02. The zero-order valence-electron chi connectivity index (χ0n) is 12.2. The molecule has 0 radical (unpaired) electrons. The van der Waals surface area contributed by atoms with Crippen molar-refractivity contribution in [3.63, 3.8) is 0 Å². The highest BCUT2D eigenvalue weighted by atomic mass is 16.6. The summed E-state index contributed by atoms with van der Waals surface area (Å²) in [6.45, 7) is 5.55. The van der Waals surface area contributed by atoms with E-state index in [0.29, 0.717) is 6.42 Å². The van der Waals surface area contributed by atoms with Crippen molar-refractivity contribution in [3.05, 3.63) is 47.5 Å². The second-order valence-corrected chi connectivity index (χ2v) is 4.81. The monoisotopic (exact) mass is 275 g/mol. The van der Waals surface area contributed by atoms with E-state index in [1.807, 2.05) is 44.2 Å². The Morgan fingerprint density at radius 2 is 2.00 bits per heavy atom. The Balaban J connectivity index is 2.81. The highest BCUT2D eigenvalue weighted by Gasteiger charge is 2.12. The molecule has 0 aliphatic heterocycles. The maximum Gasteiger partial charge on any atom is 0.347 e. The molecule has 0 aliphatic rings. The molecule has 0 aromatic heterocycles. The molecule has 20 heavy (non-hydrogen) atoms. The first kappa shape index (κ1) is 16.0. The first-order valence-electron chi connectivity index (χ1n) is 6.65. The lowest BCUT2D eigenvalue weighted by atomic mass is 10.1. The van der Waals surface area contributed by atoms with E-state index in [9.17, 15) is 4.79 Å². The van der Waals surface area contributed by atoms with E-state index in [1.165, 1.54) is 12.5 Å². The number of benzene rings is 1. The van der Waals surface area contributed by atoms with Crippen molar-refractivity contribution >= 4 is 11.7 Å². The minimum absolute atomic E-state index is 0.710. The van der Waals surface area contributed by atoms with Crippen LogP contribution in [0.25, 0.3) is 0 Å². The van der Waals surface area contributed by atoms with Crippen molar-refractivity contribution < 1.29 is 14.7 Å². The molecule has 1 unspecified atom stereocenters. The van der Waals surface area contributed by atoms with Crippen LogP contribution in [0.1, 0.15) is 39.2 Å². The molecular formula is C16H21NO3. The highest BCUT2D eigenvalue weighted by molar-refractivity contribution is 6.00. The SMILES string of the molecule is CC(C)=CCC/C(=N\OC(C)C(=O)O)c1ccccc1. The zero-order chi connectivity index (χ0) is 15.0. The molecule has 0 saturated heterocycles. The van der Waals surface area contributed by atoms with Gasteiger partial charge < -0.3 is 9.94 Å². The number of hydrogen-bond donors (Lipinski definition) is 1. The second-order valence-electron chi connectivity index (χ2n) is 4.81. The van der Waals surface area contributed by atoms with E-state index < -0.39 is 12.1 Å². The Kier molecular flexibility index (Phi) is 6.50. The van der Waals surface area contributed by atoms with E-state index in [4.69, 9.17) is 9.94 Å². The second kappa shape index (κ2) is 8.15. The maximum atomic E-state index is 10.7. The molecule has 0 heterocycles. The normalized spacial score (nSPS) is 12.7. The number of hydrogen-bond acceptors (Lipinski definition) is 3. The Morgan fingerprint density at radius 1 is 1.35 bits per heavy atom. The van der Waals surface area contributed by atoms with Gasteiger partial charge in [0.25, 0.3) is 0 Å². The van der Waals surface area contributed by atoms with Gasteiger partial charge in [-0.1, -0.05) is 47.1 Å². The third-order valence-electron chi connectivity index (χ3n) is 2.71. The first-order valence-corrected chi connectivity index (χ1v) is 6.65. The van der Waals surface area contributed by atoms with Gasteiger partial charge in [0.2, 0.25) is 6.10 Å². The van der Waals surface area contributed by atoms with Crippen LogP contribution in [0.15, 0.2) is 47.1 Å². The lowest BCUT2D eigenvalue weighted by molar-refractivity contribution is -0.149. The van der Waals surface area contributed by atoms with Crippen molar-refractivity contribution in [2.75, 3.05) is 0 Å². The van der Waals surface area contributed by atoms with E-state index in [0.717, 1.165) is 17.7 Å². The van der Waals surface area contributed by atoms with E-state index in [1.54, 1.807) is 0 Å². The van der Waals surface area contributed by atoms with Crippen molar-refractivity contribution in [1.29, 1.82) is 0 Å². The van der Waals surface area contributed by atoms with E-state index in [2.05, 4.69) is 11.2 Å². The quantitative estimate of drug-likeness (QED) is 0.469. The molecule has 0 spiro atoms. The van der Waals surface area contributed by atoms with Crippen LogP contribution in [-0.4, -0.2) is 22.9 Å². The number of carbonyl (C=O) groups is 1. The molecule has 1 atom stereocenters. The fraction of sp³-hybridized carbons (Fsp3) is 0.375. The molecule has 1 N–H and O–H groups in total. The minimum Gasteiger partial charge on any atom is -0.478 e. The number of carboxylic acid groups (broad SMARTS) is 1. The van der Waals surface area contributed by atoms with Crippen LogP contribution >= 0.6 is 0 Å². The molecule has 0 amide bonds. The van der Waals surface area contributed by atoms with Gasteiger partial charge in [-0.05, 0) is 39.2 Å². The molecule has 0 fully saturated rings. The maximum absolute atomic E-state index is 10.7. The number of nitrogens with zero attached hydrogens (tertiary/aromatic N) is 1. The number of rotatable bonds is 7. The Labute approximate surface area is 119 Å². The average molecular weight is 275 g/mol. The number of carboxylic acids is 1. The standard InChI is InChI=1S/C16H21NO3/c1-12(2)8-7-11-15(14-9-5-4-6-10-14)17-20-13(3)16(18)19/h4-6,8-10,13H,7,11H2,1-3H3,(H,18,19)/b17-15+. The number of oxime groups is 1. The lowest BCUT2D eigenvalue weighted by Crippen LogP contribution is -2.18. The van der Waals surface area contributed by atoms with Crippen molar-refractivity contribution in [2.24, 2.45) is 5.16 Å².